The summed E-state index contributed by atoms with van der Waals surface area (Å²) in [4.78, 5) is 24.1. The lowest BCUT2D eigenvalue weighted by Crippen LogP contribution is -2.51. The fraction of sp³-hybridized carbons (Fsp3) is 0.273. The van der Waals surface area contributed by atoms with Gasteiger partial charge in [0.25, 0.3) is 5.91 Å². The van der Waals surface area contributed by atoms with E-state index in [0.717, 1.165) is 34.2 Å². The number of primary amides is 1. The number of fused-ring (bicyclic) bond motifs is 3. The number of carbonyl (C=O) groups excluding carboxylic acids is 1. The third-order valence-electron chi connectivity index (χ3n) is 5.46. The number of nitrogens with one attached hydrogen (secondary N) is 3. The highest BCUT2D eigenvalue weighted by Crippen LogP contribution is 2.42. The Morgan fingerprint density at radius 1 is 1.28 bits per heavy atom. The first kappa shape index (κ1) is 20.0. The van der Waals surface area contributed by atoms with Crippen molar-refractivity contribution in [2.75, 3.05) is 22.3 Å². The first-order chi connectivity index (χ1) is 15.3. The lowest BCUT2D eigenvalue weighted by Gasteiger charge is -2.36. The van der Waals surface area contributed by atoms with Crippen LogP contribution in [0.4, 0.5) is 17.1 Å². The molecule has 10 heteroatoms. The molecule has 1 fully saturated rings. The Morgan fingerprint density at radius 3 is 2.81 bits per heavy atom. The number of rotatable bonds is 6. The number of amides is 1. The highest BCUT2D eigenvalue weighted by molar-refractivity contribution is 5.85. The van der Waals surface area contributed by atoms with Crippen LogP contribution in [0.1, 0.15) is 20.8 Å². The zero-order valence-corrected chi connectivity index (χ0v) is 17.9. The van der Waals surface area contributed by atoms with Crippen molar-refractivity contribution < 1.29 is 19.1 Å². The number of hydrogen-bond donors (Lipinski definition) is 4. The number of aliphatic imine (C=N–C) groups is 1. The average molecular weight is 436 g/mol. The van der Waals surface area contributed by atoms with Crippen molar-refractivity contribution in [3.8, 4) is 11.5 Å². The summed E-state index contributed by atoms with van der Waals surface area (Å²) in [6.07, 6.45) is 1.76. The van der Waals surface area contributed by atoms with Gasteiger partial charge in [-0.25, -0.2) is 15.3 Å². The molecule has 10 nitrogen and oxygen atoms in total. The van der Waals surface area contributed by atoms with Crippen LogP contribution in [0.15, 0.2) is 58.9 Å². The van der Waals surface area contributed by atoms with Crippen molar-refractivity contribution in [2.45, 2.75) is 32.3 Å². The van der Waals surface area contributed by atoms with Gasteiger partial charge in [-0.05, 0) is 63.2 Å². The Morgan fingerprint density at radius 2 is 2.06 bits per heavy atom. The molecule has 3 aliphatic rings. The highest BCUT2D eigenvalue weighted by atomic mass is 16.7. The first-order valence-electron chi connectivity index (χ1n) is 10.2. The molecule has 1 amide bonds. The summed E-state index contributed by atoms with van der Waals surface area (Å²) in [5.74, 6) is 0.344. The van der Waals surface area contributed by atoms with Gasteiger partial charge in [-0.3, -0.25) is 9.69 Å². The maximum absolute atomic E-state index is 11.5. The molecule has 32 heavy (non-hydrogen) atoms. The minimum Gasteiger partial charge on any atom is -0.478 e. The van der Waals surface area contributed by atoms with Crippen molar-refractivity contribution in [3.63, 3.8) is 0 Å². The molecule has 3 aliphatic heterocycles. The monoisotopic (exact) mass is 436 g/mol. The quantitative estimate of drug-likeness (QED) is 0.545. The van der Waals surface area contributed by atoms with Crippen molar-refractivity contribution in [1.82, 2.24) is 5.48 Å². The van der Waals surface area contributed by atoms with E-state index in [-0.39, 0.29) is 0 Å². The van der Waals surface area contributed by atoms with E-state index in [2.05, 4.69) is 21.1 Å². The van der Waals surface area contributed by atoms with Gasteiger partial charge in [0.15, 0.2) is 12.3 Å². The number of allylic oxidation sites excluding steroid dienone is 1. The molecule has 1 unspecified atom stereocenters. The fourth-order valence-corrected chi connectivity index (χ4v) is 3.62. The molecule has 0 aliphatic carbocycles. The molecule has 0 aromatic heterocycles. The number of nitrogens with two attached hydrogens (primary N) is 1. The van der Waals surface area contributed by atoms with Gasteiger partial charge >= 0.3 is 5.97 Å². The van der Waals surface area contributed by atoms with E-state index in [9.17, 15) is 4.79 Å². The second-order valence-corrected chi connectivity index (χ2v) is 8.21. The normalized spacial score (nSPS) is 20.9. The van der Waals surface area contributed by atoms with Crippen LogP contribution in [-0.4, -0.2) is 30.4 Å². The van der Waals surface area contributed by atoms with Crippen LogP contribution in [0.3, 0.4) is 0 Å². The zero-order chi connectivity index (χ0) is 22.5. The summed E-state index contributed by atoms with van der Waals surface area (Å²) >= 11 is 0. The topological polar surface area (TPSA) is 122 Å². The molecule has 0 spiro atoms. The van der Waals surface area contributed by atoms with E-state index >= 15 is 0 Å². The van der Waals surface area contributed by atoms with Gasteiger partial charge in [0.1, 0.15) is 17.3 Å². The molecule has 1 saturated heterocycles. The van der Waals surface area contributed by atoms with Gasteiger partial charge in [-0.1, -0.05) is 0 Å². The molecule has 2 bridgehead atoms. The van der Waals surface area contributed by atoms with Gasteiger partial charge < -0.3 is 25.8 Å². The Labute approximate surface area is 185 Å². The van der Waals surface area contributed by atoms with Crippen molar-refractivity contribution in [2.24, 2.45) is 10.7 Å². The van der Waals surface area contributed by atoms with Gasteiger partial charge in [0.2, 0.25) is 0 Å². The molecule has 2 aromatic rings. The molecule has 5 rings (SSSR count). The third-order valence-corrected chi connectivity index (χ3v) is 5.46. The highest BCUT2D eigenvalue weighted by Gasteiger charge is 2.49. The molecule has 3 heterocycles. The molecule has 1 atom stereocenters. The predicted octanol–water partition coefficient (Wildman–Crippen LogP) is 2.47. The van der Waals surface area contributed by atoms with E-state index in [4.69, 9.17) is 20.0 Å². The summed E-state index contributed by atoms with van der Waals surface area (Å²) in [5, 5.41) is 6.55. The minimum absolute atomic E-state index is 0.442. The van der Waals surface area contributed by atoms with Crippen LogP contribution in [0, 0.1) is 0 Å². The minimum atomic E-state index is -1.22. The number of carbonyl (C=O) groups is 1. The summed E-state index contributed by atoms with van der Waals surface area (Å²) in [5.41, 5.74) is 10.7. The predicted molar refractivity (Wildman–Crippen MR) is 120 cm³/mol. The number of anilines is 3. The molecular formula is C22H24N6O4. The van der Waals surface area contributed by atoms with Gasteiger partial charge in [0.05, 0.1) is 11.4 Å². The van der Waals surface area contributed by atoms with Crippen LogP contribution in [0.5, 0.6) is 11.5 Å². The zero-order valence-electron chi connectivity index (χ0n) is 17.9. The second kappa shape index (κ2) is 7.06. The summed E-state index contributed by atoms with van der Waals surface area (Å²) in [6.45, 7) is 5.65. The van der Waals surface area contributed by atoms with Crippen LogP contribution in [0.2, 0.25) is 0 Å². The fourth-order valence-electron chi connectivity index (χ4n) is 3.62. The van der Waals surface area contributed by atoms with Crippen LogP contribution >= 0.6 is 0 Å². The number of hydroxylamine groups is 1. The maximum atomic E-state index is 11.5. The summed E-state index contributed by atoms with van der Waals surface area (Å²) < 4.78 is 11.2. The number of ether oxygens (including phenoxy) is 2. The van der Waals surface area contributed by atoms with E-state index in [1.165, 1.54) is 0 Å². The van der Waals surface area contributed by atoms with Crippen LogP contribution in [-0.2, 0) is 9.63 Å². The van der Waals surface area contributed by atoms with E-state index in [0.29, 0.717) is 12.5 Å². The second-order valence-electron chi connectivity index (χ2n) is 8.21. The number of benzene rings is 2. The number of nitrogens with zero attached hydrogens (tertiary/aromatic N) is 2. The number of hydrogen-bond acceptors (Lipinski definition) is 9. The SMILES string of the molecule is CC1=C2NOC(Nc3ccc(OC(C)(C)C(N)=O)cc3)(N=C1)N2c1ccc2c(c1)NCO2. The van der Waals surface area contributed by atoms with Gasteiger partial charge in [0, 0.05) is 17.5 Å². The van der Waals surface area contributed by atoms with Crippen molar-refractivity contribution in [3.05, 3.63) is 53.9 Å². The lowest BCUT2D eigenvalue weighted by atomic mass is 10.1. The van der Waals surface area contributed by atoms with Crippen LogP contribution < -0.4 is 36.2 Å². The Hall–Kier alpha value is -3.92. The lowest BCUT2D eigenvalue weighted by molar-refractivity contribution is -0.130. The summed E-state index contributed by atoms with van der Waals surface area (Å²) in [7, 11) is 0. The van der Waals surface area contributed by atoms with Crippen LogP contribution in [0.25, 0.3) is 0 Å². The Kier molecular flexibility index (Phi) is 4.41. The molecule has 2 aromatic carbocycles. The van der Waals surface area contributed by atoms with Crippen molar-refractivity contribution in [1.29, 1.82) is 0 Å². The van der Waals surface area contributed by atoms with Gasteiger partial charge in [-0.2, -0.15) is 0 Å². The van der Waals surface area contributed by atoms with E-state index in [1.54, 1.807) is 32.2 Å². The maximum Gasteiger partial charge on any atom is 0.351 e. The molecule has 5 N–H and O–H groups in total. The molecule has 0 radical (unpaired) electrons. The smallest absolute Gasteiger partial charge is 0.351 e. The van der Waals surface area contributed by atoms with Crippen molar-refractivity contribution >= 4 is 29.2 Å². The standard InChI is InChI=1S/C22H24N6O4/c1-13-11-25-22(26-14-4-7-16(8-5-14)31-21(2,3)20(23)29)28(19(13)27-32-22)15-6-9-18-17(10-15)24-12-30-18/h4-11,24,26-27H,12H2,1-3H3,(H2,23,29). The molecule has 166 valence electrons. The van der Waals surface area contributed by atoms with E-state index < -0.39 is 17.5 Å². The van der Waals surface area contributed by atoms with E-state index in [1.807, 2.05) is 42.2 Å². The molecule has 0 saturated carbocycles. The Balaban J connectivity index is 1.43. The largest absolute Gasteiger partial charge is 0.478 e. The summed E-state index contributed by atoms with van der Waals surface area (Å²) in [6, 6.07) is 13.0. The average Bonchev–Trinajstić information content (AvgIpc) is 3.33. The first-order valence-corrected chi connectivity index (χ1v) is 10.2. The Bertz CT molecular complexity index is 1140. The molecular weight excluding hydrogens is 412 g/mol. The van der Waals surface area contributed by atoms with Gasteiger partial charge in [-0.15, -0.1) is 0 Å². The third kappa shape index (κ3) is 3.25.